The molecule has 1 aromatic heterocycles. The molecule has 0 aliphatic carbocycles. The third kappa shape index (κ3) is 4.34. The van der Waals surface area contributed by atoms with Gasteiger partial charge < -0.3 is 10.3 Å². The number of fused-ring (bicyclic) bond motifs is 1. The fourth-order valence-corrected chi connectivity index (χ4v) is 2.79. The topological polar surface area (TPSA) is 78.1 Å². The first-order chi connectivity index (χ1) is 12.5. The second-order valence-corrected chi connectivity index (χ2v) is 6.30. The molecule has 1 heterocycles. The number of H-pyrrole nitrogens is 1. The Hall–Kier alpha value is -2.99. The van der Waals surface area contributed by atoms with E-state index in [0.717, 1.165) is 12.1 Å². The van der Waals surface area contributed by atoms with Gasteiger partial charge in [-0.3, -0.25) is 14.5 Å². The molecule has 26 heavy (non-hydrogen) atoms. The monoisotopic (exact) mass is 350 g/mol. The van der Waals surface area contributed by atoms with Crippen molar-refractivity contribution < 1.29 is 4.79 Å². The van der Waals surface area contributed by atoms with E-state index in [9.17, 15) is 9.59 Å². The molecule has 0 atom stereocenters. The van der Waals surface area contributed by atoms with Gasteiger partial charge in [-0.05, 0) is 43.3 Å². The van der Waals surface area contributed by atoms with Crippen LogP contribution in [0.1, 0.15) is 18.3 Å². The predicted octanol–water partition coefficient (Wildman–Crippen LogP) is 2.56. The van der Waals surface area contributed by atoms with Crippen molar-refractivity contribution in [3.63, 3.8) is 0 Å². The lowest BCUT2D eigenvalue weighted by Crippen LogP contribution is -2.31. The largest absolute Gasteiger partial charge is 0.325 e. The summed E-state index contributed by atoms with van der Waals surface area (Å²) in [6.07, 6.45) is 0.966. The second-order valence-electron chi connectivity index (χ2n) is 6.30. The summed E-state index contributed by atoms with van der Waals surface area (Å²) < 4.78 is 0. The van der Waals surface area contributed by atoms with Crippen molar-refractivity contribution >= 4 is 22.5 Å². The van der Waals surface area contributed by atoms with E-state index >= 15 is 0 Å². The molecule has 134 valence electrons. The number of nitrogens with one attached hydrogen (secondary N) is 2. The molecular formula is C20H22N4O2. The first-order valence-electron chi connectivity index (χ1n) is 8.60. The molecule has 3 rings (SSSR count). The summed E-state index contributed by atoms with van der Waals surface area (Å²) in [6, 6.07) is 15.0. The lowest BCUT2D eigenvalue weighted by Gasteiger charge is -2.16. The van der Waals surface area contributed by atoms with E-state index in [0.29, 0.717) is 23.3 Å². The van der Waals surface area contributed by atoms with Gasteiger partial charge in [-0.25, -0.2) is 4.98 Å². The number of hydrogen-bond donors (Lipinski definition) is 2. The summed E-state index contributed by atoms with van der Waals surface area (Å²) in [4.78, 5) is 33.3. The van der Waals surface area contributed by atoms with E-state index in [1.54, 1.807) is 12.1 Å². The van der Waals surface area contributed by atoms with Crippen molar-refractivity contribution in [3.8, 4) is 0 Å². The summed E-state index contributed by atoms with van der Waals surface area (Å²) >= 11 is 0. The highest BCUT2D eigenvalue weighted by Crippen LogP contribution is 2.10. The van der Waals surface area contributed by atoms with Gasteiger partial charge in [0.1, 0.15) is 5.82 Å². The van der Waals surface area contributed by atoms with Crippen LogP contribution in [-0.2, 0) is 17.8 Å². The van der Waals surface area contributed by atoms with Crippen LogP contribution in [0.2, 0.25) is 0 Å². The molecule has 0 unspecified atom stereocenters. The van der Waals surface area contributed by atoms with Gasteiger partial charge in [-0.2, -0.15) is 0 Å². The minimum atomic E-state index is -0.167. The molecule has 0 radical (unpaired) electrons. The summed E-state index contributed by atoms with van der Waals surface area (Å²) in [5.74, 6) is 0.427. The molecule has 2 N–H and O–H groups in total. The van der Waals surface area contributed by atoms with Crippen LogP contribution < -0.4 is 10.9 Å². The number of amides is 1. The number of carbonyl (C=O) groups is 1. The van der Waals surface area contributed by atoms with Crippen molar-refractivity contribution in [2.45, 2.75) is 19.9 Å². The van der Waals surface area contributed by atoms with Gasteiger partial charge in [0.2, 0.25) is 5.91 Å². The van der Waals surface area contributed by atoms with Gasteiger partial charge in [0.25, 0.3) is 5.56 Å². The molecule has 3 aromatic rings. The zero-order valence-corrected chi connectivity index (χ0v) is 15.0. The standard InChI is InChI=1S/C20H22N4O2/c1-3-14-8-10-15(11-9-14)21-19(25)13-24(2)12-18-22-17-7-5-4-6-16(17)20(26)23-18/h4-11H,3,12-13H2,1-2H3,(H,21,25)(H,22,23,26). The number of aromatic amines is 1. The van der Waals surface area contributed by atoms with Gasteiger partial charge in [-0.1, -0.05) is 31.2 Å². The van der Waals surface area contributed by atoms with E-state index < -0.39 is 0 Å². The highest BCUT2D eigenvalue weighted by Gasteiger charge is 2.10. The maximum absolute atomic E-state index is 12.2. The number of nitrogens with zero attached hydrogens (tertiary/aromatic N) is 2. The highest BCUT2D eigenvalue weighted by atomic mass is 16.2. The Bertz CT molecular complexity index is 963. The number of likely N-dealkylation sites (N-methyl/N-ethyl adjacent to an activating group) is 1. The fraction of sp³-hybridized carbons (Fsp3) is 0.250. The molecule has 0 fully saturated rings. The van der Waals surface area contributed by atoms with E-state index in [2.05, 4.69) is 22.2 Å². The fourth-order valence-electron chi connectivity index (χ4n) is 2.79. The van der Waals surface area contributed by atoms with Gasteiger partial charge >= 0.3 is 0 Å². The Balaban J connectivity index is 1.62. The smallest absolute Gasteiger partial charge is 0.258 e. The molecule has 1 amide bonds. The van der Waals surface area contributed by atoms with E-state index in [1.165, 1.54) is 5.56 Å². The van der Waals surface area contributed by atoms with Crippen LogP contribution in [0.5, 0.6) is 0 Å². The SMILES string of the molecule is CCc1ccc(NC(=O)CN(C)Cc2nc3ccccc3c(=O)[nH]2)cc1. The molecule has 6 heteroatoms. The van der Waals surface area contributed by atoms with Crippen LogP contribution in [0.3, 0.4) is 0 Å². The lowest BCUT2D eigenvalue weighted by atomic mass is 10.1. The van der Waals surface area contributed by atoms with Gasteiger partial charge in [0.05, 0.1) is 24.0 Å². The van der Waals surface area contributed by atoms with Crippen molar-refractivity contribution in [1.29, 1.82) is 0 Å². The van der Waals surface area contributed by atoms with Crippen LogP contribution in [0.25, 0.3) is 10.9 Å². The average molecular weight is 350 g/mol. The quantitative estimate of drug-likeness (QED) is 0.716. The van der Waals surface area contributed by atoms with Crippen LogP contribution in [-0.4, -0.2) is 34.4 Å². The molecule has 6 nitrogen and oxygen atoms in total. The zero-order chi connectivity index (χ0) is 18.5. The van der Waals surface area contributed by atoms with Crippen LogP contribution in [0.15, 0.2) is 53.3 Å². The van der Waals surface area contributed by atoms with E-state index in [4.69, 9.17) is 0 Å². The summed E-state index contributed by atoms with van der Waals surface area (Å²) in [6.45, 7) is 2.67. The molecule has 0 bridgehead atoms. The molecule has 0 saturated heterocycles. The number of hydrogen-bond acceptors (Lipinski definition) is 4. The first-order valence-corrected chi connectivity index (χ1v) is 8.60. The highest BCUT2D eigenvalue weighted by molar-refractivity contribution is 5.92. The third-order valence-electron chi connectivity index (χ3n) is 4.14. The molecule has 0 aliphatic heterocycles. The predicted molar refractivity (Wildman–Crippen MR) is 103 cm³/mol. The van der Waals surface area contributed by atoms with E-state index in [-0.39, 0.29) is 18.0 Å². The number of anilines is 1. The number of benzene rings is 2. The summed E-state index contributed by atoms with van der Waals surface area (Å²) in [5.41, 5.74) is 2.49. The zero-order valence-electron chi connectivity index (χ0n) is 15.0. The third-order valence-corrected chi connectivity index (χ3v) is 4.14. The maximum atomic E-state index is 12.2. The van der Waals surface area contributed by atoms with Crippen molar-refractivity contribution in [2.75, 3.05) is 18.9 Å². The molecular weight excluding hydrogens is 328 g/mol. The minimum Gasteiger partial charge on any atom is -0.325 e. The van der Waals surface area contributed by atoms with E-state index in [1.807, 2.05) is 48.3 Å². The van der Waals surface area contributed by atoms with Crippen LogP contribution in [0, 0.1) is 0 Å². The van der Waals surface area contributed by atoms with Crippen LogP contribution >= 0.6 is 0 Å². The minimum absolute atomic E-state index is 0.111. The van der Waals surface area contributed by atoms with Crippen molar-refractivity contribution in [1.82, 2.24) is 14.9 Å². The van der Waals surface area contributed by atoms with Gasteiger partial charge in [0.15, 0.2) is 0 Å². The Morgan fingerprint density at radius 3 is 2.62 bits per heavy atom. The Labute approximate surface area is 151 Å². The molecule has 2 aromatic carbocycles. The normalized spacial score (nSPS) is 11.0. The Kier molecular flexibility index (Phi) is 5.43. The lowest BCUT2D eigenvalue weighted by molar-refractivity contribution is -0.117. The molecule has 0 spiro atoms. The van der Waals surface area contributed by atoms with Crippen molar-refractivity contribution in [3.05, 3.63) is 70.3 Å². The molecule has 0 aliphatic rings. The average Bonchev–Trinajstić information content (AvgIpc) is 2.62. The Morgan fingerprint density at radius 2 is 1.88 bits per heavy atom. The second kappa shape index (κ2) is 7.93. The van der Waals surface area contributed by atoms with Gasteiger partial charge in [0, 0.05) is 5.69 Å². The number of para-hydroxylation sites is 1. The number of carbonyl (C=O) groups excluding carboxylic acids is 1. The van der Waals surface area contributed by atoms with Crippen LogP contribution in [0.4, 0.5) is 5.69 Å². The maximum Gasteiger partial charge on any atom is 0.258 e. The summed E-state index contributed by atoms with van der Waals surface area (Å²) in [7, 11) is 1.81. The number of aryl methyl sites for hydroxylation is 1. The molecule has 0 saturated carbocycles. The van der Waals surface area contributed by atoms with Gasteiger partial charge in [-0.15, -0.1) is 0 Å². The number of rotatable bonds is 6. The van der Waals surface area contributed by atoms with Crippen molar-refractivity contribution in [2.24, 2.45) is 0 Å². The Morgan fingerprint density at radius 1 is 1.15 bits per heavy atom. The first kappa shape index (κ1) is 17.8. The summed E-state index contributed by atoms with van der Waals surface area (Å²) in [5, 5.41) is 3.44. The number of aromatic nitrogens is 2.